The molecule has 0 saturated heterocycles. The lowest BCUT2D eigenvalue weighted by atomic mass is 10.4. The van der Waals surface area contributed by atoms with Crippen molar-refractivity contribution in [2.45, 2.75) is 24.2 Å². The Morgan fingerprint density at radius 2 is 2.11 bits per heavy atom. The Hall–Kier alpha value is -1.10. The number of anilines is 1. The summed E-state index contributed by atoms with van der Waals surface area (Å²) in [6.45, 7) is 3.63. The number of aromatic nitrogens is 3. The van der Waals surface area contributed by atoms with E-state index in [1.807, 2.05) is 6.92 Å². The zero-order valence-electron chi connectivity index (χ0n) is 9.61. The lowest BCUT2D eigenvalue weighted by Crippen LogP contribution is -2.26. The van der Waals surface area contributed by atoms with Crippen molar-refractivity contribution < 1.29 is 8.42 Å². The highest BCUT2D eigenvalue weighted by Gasteiger charge is 2.23. The molecule has 2 aromatic rings. The summed E-state index contributed by atoms with van der Waals surface area (Å²) >= 11 is 2.27. The SMILES string of the molecule is Cc1cnc(C(C)NS(=O)(=O)c2nnc(N)s2)s1. The number of nitrogen functional groups attached to an aromatic ring is 1. The number of thiazole rings is 1. The van der Waals surface area contributed by atoms with Gasteiger partial charge in [-0.3, -0.25) is 0 Å². The van der Waals surface area contributed by atoms with Crippen LogP contribution in [0.3, 0.4) is 0 Å². The molecular weight excluding hydrogens is 294 g/mol. The molecule has 18 heavy (non-hydrogen) atoms. The summed E-state index contributed by atoms with van der Waals surface area (Å²) in [5, 5.41) is 7.82. The number of nitrogens with zero attached hydrogens (tertiary/aromatic N) is 3. The molecule has 2 aromatic heterocycles. The summed E-state index contributed by atoms with van der Waals surface area (Å²) in [7, 11) is -3.70. The molecule has 0 saturated carbocycles. The van der Waals surface area contributed by atoms with E-state index in [0.717, 1.165) is 16.2 Å². The van der Waals surface area contributed by atoms with Gasteiger partial charge in [-0.1, -0.05) is 11.3 Å². The maximum atomic E-state index is 12.0. The third-order valence-corrected chi connectivity index (χ3v) is 5.75. The van der Waals surface area contributed by atoms with Crippen LogP contribution in [0.15, 0.2) is 10.5 Å². The van der Waals surface area contributed by atoms with E-state index in [4.69, 9.17) is 5.73 Å². The lowest BCUT2D eigenvalue weighted by Gasteiger charge is -2.09. The van der Waals surface area contributed by atoms with Crippen LogP contribution in [0.25, 0.3) is 0 Å². The van der Waals surface area contributed by atoms with E-state index in [9.17, 15) is 8.42 Å². The van der Waals surface area contributed by atoms with E-state index in [2.05, 4.69) is 19.9 Å². The molecule has 1 atom stereocenters. The minimum Gasteiger partial charge on any atom is -0.374 e. The van der Waals surface area contributed by atoms with Gasteiger partial charge < -0.3 is 5.73 Å². The molecule has 7 nitrogen and oxygen atoms in total. The Morgan fingerprint density at radius 3 is 2.61 bits per heavy atom. The third-order valence-electron chi connectivity index (χ3n) is 1.99. The second-order valence-corrected chi connectivity index (χ2v) is 7.72. The minimum atomic E-state index is -3.70. The van der Waals surface area contributed by atoms with Crippen molar-refractivity contribution in [3.8, 4) is 0 Å². The fourth-order valence-electron chi connectivity index (χ4n) is 1.23. The summed E-state index contributed by atoms with van der Waals surface area (Å²) in [4.78, 5) is 5.16. The number of hydrogen-bond donors (Lipinski definition) is 2. The van der Waals surface area contributed by atoms with Crippen molar-refractivity contribution in [3.63, 3.8) is 0 Å². The van der Waals surface area contributed by atoms with Crippen molar-refractivity contribution in [3.05, 3.63) is 16.1 Å². The molecule has 0 aliphatic rings. The average Bonchev–Trinajstić information content (AvgIpc) is 2.86. The third kappa shape index (κ3) is 2.83. The predicted octanol–water partition coefficient (Wildman–Crippen LogP) is 0.925. The Morgan fingerprint density at radius 1 is 1.39 bits per heavy atom. The van der Waals surface area contributed by atoms with Crippen LogP contribution in [0.4, 0.5) is 5.13 Å². The van der Waals surface area contributed by atoms with Crippen LogP contribution in [-0.2, 0) is 10.0 Å². The van der Waals surface area contributed by atoms with E-state index in [1.165, 1.54) is 11.3 Å². The smallest absolute Gasteiger partial charge is 0.270 e. The number of rotatable bonds is 4. The molecule has 98 valence electrons. The molecule has 3 N–H and O–H groups in total. The molecule has 0 aromatic carbocycles. The van der Waals surface area contributed by atoms with Gasteiger partial charge in [0.1, 0.15) is 5.01 Å². The summed E-state index contributed by atoms with van der Waals surface area (Å²) in [5.74, 6) is 0. The van der Waals surface area contributed by atoms with Crippen LogP contribution < -0.4 is 10.5 Å². The van der Waals surface area contributed by atoms with Gasteiger partial charge in [0.2, 0.25) is 9.47 Å². The molecule has 10 heteroatoms. The standard InChI is InChI=1S/C8H11N5O2S3/c1-4-3-10-6(16-4)5(2)13-18(14,15)8-12-11-7(9)17-8/h3,5,13H,1-2H3,(H2,9,11). The van der Waals surface area contributed by atoms with Gasteiger partial charge in [-0.05, 0) is 13.8 Å². The number of hydrogen-bond acceptors (Lipinski definition) is 8. The highest BCUT2D eigenvalue weighted by molar-refractivity contribution is 7.91. The first-order valence-electron chi connectivity index (χ1n) is 4.92. The van der Waals surface area contributed by atoms with E-state index in [0.29, 0.717) is 5.01 Å². The normalized spacial score (nSPS) is 13.7. The Kier molecular flexibility index (Phi) is 3.61. The molecule has 0 amide bonds. The Balaban J connectivity index is 2.18. The van der Waals surface area contributed by atoms with E-state index in [1.54, 1.807) is 13.1 Å². The van der Waals surface area contributed by atoms with Gasteiger partial charge >= 0.3 is 0 Å². The van der Waals surface area contributed by atoms with Crippen LogP contribution >= 0.6 is 22.7 Å². The second-order valence-electron chi connectivity index (χ2n) is 3.56. The van der Waals surface area contributed by atoms with Crippen molar-refractivity contribution in [1.82, 2.24) is 19.9 Å². The topological polar surface area (TPSA) is 111 Å². The van der Waals surface area contributed by atoms with Crippen LogP contribution in [0, 0.1) is 6.92 Å². The first-order valence-corrected chi connectivity index (χ1v) is 8.04. The monoisotopic (exact) mass is 305 g/mol. The zero-order valence-corrected chi connectivity index (χ0v) is 12.1. The van der Waals surface area contributed by atoms with E-state index >= 15 is 0 Å². The highest BCUT2D eigenvalue weighted by atomic mass is 32.2. The van der Waals surface area contributed by atoms with Gasteiger partial charge in [-0.25, -0.2) is 13.4 Å². The molecule has 2 heterocycles. The van der Waals surface area contributed by atoms with Crippen molar-refractivity contribution >= 4 is 37.8 Å². The van der Waals surface area contributed by atoms with E-state index in [-0.39, 0.29) is 9.47 Å². The Labute approximate surface area is 112 Å². The fraction of sp³-hybridized carbons (Fsp3) is 0.375. The molecule has 0 spiro atoms. The summed E-state index contributed by atoms with van der Waals surface area (Å²) in [6.07, 6.45) is 1.70. The molecule has 2 rings (SSSR count). The Bertz CT molecular complexity index is 647. The van der Waals surface area contributed by atoms with Crippen LogP contribution in [0.2, 0.25) is 0 Å². The first-order chi connectivity index (χ1) is 8.38. The molecule has 0 aliphatic heterocycles. The molecular formula is C8H11N5O2S3. The van der Waals surface area contributed by atoms with Gasteiger partial charge in [0.15, 0.2) is 0 Å². The summed E-state index contributed by atoms with van der Waals surface area (Å²) < 4.78 is 26.3. The van der Waals surface area contributed by atoms with Crippen LogP contribution in [0.1, 0.15) is 22.9 Å². The zero-order chi connectivity index (χ0) is 13.3. The highest BCUT2D eigenvalue weighted by Crippen LogP contribution is 2.23. The quantitative estimate of drug-likeness (QED) is 0.869. The van der Waals surface area contributed by atoms with Gasteiger partial charge in [0, 0.05) is 11.1 Å². The van der Waals surface area contributed by atoms with Gasteiger partial charge in [0.25, 0.3) is 10.0 Å². The average molecular weight is 305 g/mol. The number of sulfonamides is 1. The van der Waals surface area contributed by atoms with Crippen molar-refractivity contribution in [1.29, 1.82) is 0 Å². The van der Waals surface area contributed by atoms with Crippen molar-refractivity contribution in [2.24, 2.45) is 0 Å². The molecule has 0 aliphatic carbocycles. The maximum Gasteiger partial charge on any atom is 0.270 e. The summed E-state index contributed by atoms with van der Waals surface area (Å²) in [6, 6.07) is -0.418. The lowest BCUT2D eigenvalue weighted by molar-refractivity contribution is 0.564. The molecule has 0 bridgehead atoms. The van der Waals surface area contributed by atoms with Crippen LogP contribution in [0.5, 0.6) is 0 Å². The molecule has 0 radical (unpaired) electrons. The number of nitrogens with two attached hydrogens (primary N) is 1. The van der Waals surface area contributed by atoms with Gasteiger partial charge in [-0.2, -0.15) is 4.72 Å². The van der Waals surface area contributed by atoms with E-state index < -0.39 is 16.1 Å². The first kappa shape index (κ1) is 13.3. The van der Waals surface area contributed by atoms with Gasteiger partial charge in [-0.15, -0.1) is 21.5 Å². The minimum absolute atomic E-state index is 0.119. The van der Waals surface area contributed by atoms with Gasteiger partial charge in [0.05, 0.1) is 6.04 Å². The van der Waals surface area contributed by atoms with Crippen LogP contribution in [-0.4, -0.2) is 23.6 Å². The molecule has 0 fully saturated rings. The molecule has 1 unspecified atom stereocenters. The summed E-state index contributed by atoms with van der Waals surface area (Å²) in [5.41, 5.74) is 5.36. The fourth-order valence-corrected chi connectivity index (χ4v) is 4.09. The number of aryl methyl sites for hydroxylation is 1. The maximum absolute atomic E-state index is 12.0. The number of nitrogens with one attached hydrogen (secondary N) is 1. The second kappa shape index (κ2) is 4.88. The van der Waals surface area contributed by atoms with Crippen molar-refractivity contribution in [2.75, 3.05) is 5.73 Å². The largest absolute Gasteiger partial charge is 0.374 e. The predicted molar refractivity (Wildman–Crippen MR) is 69.9 cm³/mol.